The molecule has 0 atom stereocenters. The highest BCUT2D eigenvalue weighted by Gasteiger charge is 2.32. The van der Waals surface area contributed by atoms with E-state index < -0.39 is 23.7 Å². The van der Waals surface area contributed by atoms with Crippen molar-refractivity contribution in [2.75, 3.05) is 11.9 Å². The van der Waals surface area contributed by atoms with Gasteiger partial charge in [0.2, 0.25) is 5.91 Å². The first-order valence-corrected chi connectivity index (χ1v) is 8.15. The number of anilines is 1. The summed E-state index contributed by atoms with van der Waals surface area (Å²) >= 11 is 1.46. The maximum absolute atomic E-state index is 12.8. The lowest BCUT2D eigenvalue weighted by Crippen LogP contribution is -2.41. The Morgan fingerprint density at radius 1 is 1.20 bits per heavy atom. The number of urea groups is 1. The number of imide groups is 1. The minimum Gasteiger partial charge on any atom is -0.376 e. The van der Waals surface area contributed by atoms with Crippen LogP contribution in [0.15, 0.2) is 35.7 Å². The molecular formula is C16H16F3N3O2S. The molecule has 1 heterocycles. The molecule has 1 aromatic carbocycles. The minimum atomic E-state index is -4.47. The molecule has 3 amide bonds. The van der Waals surface area contributed by atoms with Crippen LogP contribution in [0.25, 0.3) is 0 Å². The molecule has 0 saturated heterocycles. The monoisotopic (exact) mass is 371 g/mol. The van der Waals surface area contributed by atoms with Gasteiger partial charge in [-0.15, -0.1) is 11.3 Å². The van der Waals surface area contributed by atoms with Crippen LogP contribution in [0.4, 0.5) is 23.7 Å². The lowest BCUT2D eigenvalue weighted by atomic mass is 10.1. The average molecular weight is 371 g/mol. The Hall–Kier alpha value is -2.55. The van der Waals surface area contributed by atoms with Gasteiger partial charge in [-0.2, -0.15) is 13.2 Å². The maximum Gasteiger partial charge on any atom is 0.416 e. The van der Waals surface area contributed by atoms with Crippen molar-refractivity contribution >= 4 is 29.0 Å². The summed E-state index contributed by atoms with van der Waals surface area (Å²) < 4.78 is 38.5. The normalized spacial score (nSPS) is 11.0. The first kappa shape index (κ1) is 18.8. The second-order valence-corrected chi connectivity index (χ2v) is 6.22. The van der Waals surface area contributed by atoms with Gasteiger partial charge in [-0.25, -0.2) is 4.79 Å². The average Bonchev–Trinajstić information content (AvgIpc) is 3.04. The summed E-state index contributed by atoms with van der Waals surface area (Å²) in [4.78, 5) is 24.2. The molecule has 0 aliphatic carbocycles. The standard InChI is InChI=1S/C16H16F3N3O2S/c1-10-4-5-11(7-13(10)16(17,18)19)20-9-14(23)22-15(24)21-8-12-3-2-6-25-12/h2-7,20H,8-9H2,1H3,(H2,21,22,23,24). The van der Waals surface area contributed by atoms with Crippen LogP contribution >= 0.6 is 11.3 Å². The van der Waals surface area contributed by atoms with Gasteiger partial charge >= 0.3 is 12.2 Å². The van der Waals surface area contributed by atoms with Gasteiger partial charge < -0.3 is 10.6 Å². The number of carbonyl (C=O) groups is 2. The topological polar surface area (TPSA) is 70.2 Å². The Balaban J connectivity index is 1.82. The molecule has 1 aromatic heterocycles. The highest BCUT2D eigenvalue weighted by molar-refractivity contribution is 7.09. The molecule has 0 bridgehead atoms. The second kappa shape index (κ2) is 8.02. The van der Waals surface area contributed by atoms with Crippen LogP contribution < -0.4 is 16.0 Å². The summed E-state index contributed by atoms with van der Waals surface area (Å²) in [5, 5.41) is 9.04. The molecule has 0 unspecified atom stereocenters. The van der Waals surface area contributed by atoms with E-state index in [1.54, 1.807) is 0 Å². The van der Waals surface area contributed by atoms with E-state index >= 15 is 0 Å². The predicted octanol–water partition coefficient (Wildman–Crippen LogP) is 3.51. The Morgan fingerprint density at radius 3 is 2.60 bits per heavy atom. The number of alkyl halides is 3. The molecule has 134 valence electrons. The zero-order chi connectivity index (χ0) is 18.4. The fraction of sp³-hybridized carbons (Fsp3) is 0.250. The molecule has 0 saturated carbocycles. The van der Waals surface area contributed by atoms with Crippen molar-refractivity contribution in [3.05, 3.63) is 51.7 Å². The molecule has 5 nitrogen and oxygen atoms in total. The SMILES string of the molecule is Cc1ccc(NCC(=O)NC(=O)NCc2cccs2)cc1C(F)(F)F. The lowest BCUT2D eigenvalue weighted by molar-refractivity contribution is -0.138. The third-order valence-electron chi connectivity index (χ3n) is 3.25. The van der Waals surface area contributed by atoms with Crippen molar-refractivity contribution in [3.8, 4) is 0 Å². The number of thiophene rings is 1. The number of halogens is 3. The third kappa shape index (κ3) is 5.79. The smallest absolute Gasteiger partial charge is 0.376 e. The van der Waals surface area contributed by atoms with Gasteiger partial charge in [-0.3, -0.25) is 10.1 Å². The van der Waals surface area contributed by atoms with Crippen LogP contribution in [0.3, 0.4) is 0 Å². The Bertz CT molecular complexity index is 746. The third-order valence-corrected chi connectivity index (χ3v) is 4.13. The molecule has 25 heavy (non-hydrogen) atoms. The van der Waals surface area contributed by atoms with E-state index in [4.69, 9.17) is 0 Å². The van der Waals surface area contributed by atoms with Crippen molar-refractivity contribution in [2.45, 2.75) is 19.6 Å². The lowest BCUT2D eigenvalue weighted by Gasteiger charge is -2.13. The molecule has 0 aliphatic rings. The largest absolute Gasteiger partial charge is 0.416 e. The Morgan fingerprint density at radius 2 is 1.96 bits per heavy atom. The van der Waals surface area contributed by atoms with E-state index in [9.17, 15) is 22.8 Å². The van der Waals surface area contributed by atoms with E-state index in [-0.39, 0.29) is 24.3 Å². The van der Waals surface area contributed by atoms with Crippen molar-refractivity contribution in [1.29, 1.82) is 0 Å². The van der Waals surface area contributed by atoms with Crippen LogP contribution in [0.2, 0.25) is 0 Å². The fourth-order valence-electron chi connectivity index (χ4n) is 2.02. The zero-order valence-corrected chi connectivity index (χ0v) is 14.1. The number of benzene rings is 1. The van der Waals surface area contributed by atoms with Crippen molar-refractivity contribution < 1.29 is 22.8 Å². The van der Waals surface area contributed by atoms with Gasteiger partial charge in [-0.05, 0) is 36.1 Å². The van der Waals surface area contributed by atoms with E-state index in [1.807, 2.05) is 17.5 Å². The number of amides is 3. The number of aryl methyl sites for hydroxylation is 1. The summed E-state index contributed by atoms with van der Waals surface area (Å²) in [6, 6.07) is 6.69. The highest BCUT2D eigenvalue weighted by atomic mass is 32.1. The Labute approximate surface area is 146 Å². The van der Waals surface area contributed by atoms with Crippen LogP contribution in [-0.2, 0) is 17.5 Å². The summed E-state index contributed by atoms with van der Waals surface area (Å²) in [6.07, 6.45) is -4.47. The second-order valence-electron chi connectivity index (χ2n) is 5.19. The van der Waals surface area contributed by atoms with Crippen LogP contribution in [0.5, 0.6) is 0 Å². The number of carbonyl (C=O) groups excluding carboxylic acids is 2. The van der Waals surface area contributed by atoms with Gasteiger partial charge in [0, 0.05) is 10.6 Å². The molecule has 0 radical (unpaired) electrons. The van der Waals surface area contributed by atoms with Gasteiger partial charge in [0.1, 0.15) is 0 Å². The molecule has 3 N–H and O–H groups in total. The van der Waals surface area contributed by atoms with Crippen LogP contribution in [0.1, 0.15) is 16.0 Å². The van der Waals surface area contributed by atoms with E-state index in [0.29, 0.717) is 0 Å². The van der Waals surface area contributed by atoms with Gasteiger partial charge in [0.15, 0.2) is 0 Å². The summed E-state index contributed by atoms with van der Waals surface area (Å²) in [5.74, 6) is -0.655. The van der Waals surface area contributed by atoms with Crippen molar-refractivity contribution in [2.24, 2.45) is 0 Å². The molecule has 9 heteroatoms. The van der Waals surface area contributed by atoms with E-state index in [2.05, 4.69) is 16.0 Å². The van der Waals surface area contributed by atoms with Gasteiger partial charge in [0.05, 0.1) is 18.7 Å². The summed E-state index contributed by atoms with van der Waals surface area (Å²) in [7, 11) is 0. The van der Waals surface area contributed by atoms with Crippen molar-refractivity contribution in [3.63, 3.8) is 0 Å². The number of hydrogen-bond donors (Lipinski definition) is 3. The minimum absolute atomic E-state index is 0.0930. The molecule has 0 fully saturated rings. The number of rotatable bonds is 5. The van der Waals surface area contributed by atoms with Gasteiger partial charge in [-0.1, -0.05) is 12.1 Å². The zero-order valence-electron chi connectivity index (χ0n) is 13.2. The quantitative estimate of drug-likeness (QED) is 0.753. The summed E-state index contributed by atoms with van der Waals surface area (Å²) in [6.45, 7) is 1.32. The number of nitrogens with one attached hydrogen (secondary N) is 3. The molecule has 2 rings (SSSR count). The molecule has 2 aromatic rings. The first-order valence-electron chi connectivity index (χ1n) is 7.27. The Kier molecular flexibility index (Phi) is 6.02. The highest BCUT2D eigenvalue weighted by Crippen LogP contribution is 2.33. The first-order chi connectivity index (χ1) is 11.8. The fourth-order valence-corrected chi connectivity index (χ4v) is 2.66. The molecular weight excluding hydrogens is 355 g/mol. The molecule has 0 spiro atoms. The number of hydrogen-bond acceptors (Lipinski definition) is 4. The van der Waals surface area contributed by atoms with E-state index in [0.717, 1.165) is 10.9 Å². The van der Waals surface area contributed by atoms with Gasteiger partial charge in [0.25, 0.3) is 0 Å². The predicted molar refractivity (Wildman–Crippen MR) is 89.4 cm³/mol. The van der Waals surface area contributed by atoms with Crippen LogP contribution in [0, 0.1) is 6.92 Å². The van der Waals surface area contributed by atoms with Crippen molar-refractivity contribution in [1.82, 2.24) is 10.6 Å². The summed E-state index contributed by atoms with van der Waals surface area (Å²) in [5.41, 5.74) is -0.533. The van der Waals surface area contributed by atoms with E-state index in [1.165, 1.54) is 30.4 Å². The molecule has 0 aliphatic heterocycles. The van der Waals surface area contributed by atoms with Crippen LogP contribution in [-0.4, -0.2) is 18.5 Å². The maximum atomic E-state index is 12.8.